The molecule has 1 amide bonds. The lowest BCUT2D eigenvalue weighted by Gasteiger charge is -1.84. The number of amides is 1. The molecule has 0 atom stereocenters. The fourth-order valence-electron chi connectivity index (χ4n) is 0.414. The standard InChI is InChI=1S/C4H5N3OS/c5-4-7-3(1-9-4)6-2-8/h1-2H,(H2,5,7)(H,6,8). The van der Waals surface area contributed by atoms with Crippen molar-refractivity contribution in [3.8, 4) is 0 Å². The summed E-state index contributed by atoms with van der Waals surface area (Å²) in [4.78, 5) is 13.6. The minimum Gasteiger partial charge on any atom is -0.375 e. The van der Waals surface area contributed by atoms with Crippen molar-refractivity contribution in [1.82, 2.24) is 4.98 Å². The topological polar surface area (TPSA) is 68.0 Å². The summed E-state index contributed by atoms with van der Waals surface area (Å²) in [6.07, 6.45) is 0.564. The van der Waals surface area contributed by atoms with Crippen LogP contribution < -0.4 is 11.1 Å². The van der Waals surface area contributed by atoms with Crippen molar-refractivity contribution in [3.05, 3.63) is 5.38 Å². The Morgan fingerprint density at radius 3 is 3.11 bits per heavy atom. The molecule has 5 heteroatoms. The van der Waals surface area contributed by atoms with E-state index in [0.717, 1.165) is 0 Å². The number of anilines is 2. The number of nitrogens with one attached hydrogen (secondary N) is 1. The Bertz CT molecular complexity index is 209. The summed E-state index contributed by atoms with van der Waals surface area (Å²) >= 11 is 1.29. The van der Waals surface area contributed by atoms with Crippen molar-refractivity contribution in [2.75, 3.05) is 11.1 Å². The zero-order chi connectivity index (χ0) is 6.69. The first-order chi connectivity index (χ1) is 4.33. The van der Waals surface area contributed by atoms with E-state index in [-0.39, 0.29) is 0 Å². The summed E-state index contributed by atoms with van der Waals surface area (Å²) in [5.41, 5.74) is 5.26. The SMILES string of the molecule is Nc1nc(NC=O)cs1. The third-order valence-electron chi connectivity index (χ3n) is 0.729. The average molecular weight is 143 g/mol. The molecule has 0 unspecified atom stereocenters. The molecule has 0 radical (unpaired) electrons. The summed E-state index contributed by atoms with van der Waals surface area (Å²) in [5.74, 6) is 0.507. The average Bonchev–Trinajstić information content (AvgIpc) is 2.17. The molecule has 0 aromatic carbocycles. The molecule has 4 nitrogen and oxygen atoms in total. The van der Waals surface area contributed by atoms with Gasteiger partial charge in [0.1, 0.15) is 5.82 Å². The molecule has 0 saturated carbocycles. The molecule has 0 fully saturated rings. The van der Waals surface area contributed by atoms with Gasteiger partial charge < -0.3 is 11.1 Å². The third-order valence-corrected chi connectivity index (χ3v) is 1.40. The van der Waals surface area contributed by atoms with Crippen LogP contribution in [0.5, 0.6) is 0 Å². The number of nitrogens with zero attached hydrogens (tertiary/aromatic N) is 1. The Kier molecular flexibility index (Phi) is 1.64. The largest absolute Gasteiger partial charge is 0.375 e. The molecule has 1 heterocycles. The van der Waals surface area contributed by atoms with Crippen LogP contribution in [0.3, 0.4) is 0 Å². The van der Waals surface area contributed by atoms with Crippen molar-refractivity contribution in [2.45, 2.75) is 0 Å². The molecule has 9 heavy (non-hydrogen) atoms. The molecule has 0 aliphatic rings. The van der Waals surface area contributed by atoms with Gasteiger partial charge in [0.2, 0.25) is 6.41 Å². The predicted molar refractivity (Wildman–Crippen MR) is 36.2 cm³/mol. The molecular formula is C4H5N3OS. The van der Waals surface area contributed by atoms with Crippen LogP contribution in [-0.4, -0.2) is 11.4 Å². The van der Waals surface area contributed by atoms with Gasteiger partial charge in [0.15, 0.2) is 5.13 Å². The van der Waals surface area contributed by atoms with Crippen LogP contribution >= 0.6 is 11.3 Å². The van der Waals surface area contributed by atoms with Crippen LogP contribution in [0.2, 0.25) is 0 Å². The number of aromatic nitrogens is 1. The van der Waals surface area contributed by atoms with E-state index in [2.05, 4.69) is 10.3 Å². The summed E-state index contributed by atoms with van der Waals surface area (Å²) in [6, 6.07) is 0. The molecule has 48 valence electrons. The highest BCUT2D eigenvalue weighted by atomic mass is 32.1. The van der Waals surface area contributed by atoms with Crippen LogP contribution in [-0.2, 0) is 4.79 Å². The van der Waals surface area contributed by atoms with Gasteiger partial charge in [-0.2, -0.15) is 0 Å². The number of nitrogens with two attached hydrogens (primary N) is 1. The zero-order valence-corrected chi connectivity index (χ0v) is 5.31. The maximum atomic E-state index is 9.80. The lowest BCUT2D eigenvalue weighted by molar-refractivity contribution is -0.105. The Balaban J connectivity index is 2.72. The minimum absolute atomic E-state index is 0.458. The second-order valence-corrected chi connectivity index (χ2v) is 2.22. The van der Waals surface area contributed by atoms with Crippen LogP contribution in [0.4, 0.5) is 10.9 Å². The van der Waals surface area contributed by atoms with Crippen molar-refractivity contribution in [2.24, 2.45) is 0 Å². The number of carbonyl (C=O) groups excluding carboxylic acids is 1. The molecule has 0 aliphatic carbocycles. The second-order valence-electron chi connectivity index (χ2n) is 1.33. The first-order valence-electron chi connectivity index (χ1n) is 2.24. The lowest BCUT2D eigenvalue weighted by Crippen LogP contribution is -1.93. The van der Waals surface area contributed by atoms with Crippen LogP contribution in [0.1, 0.15) is 0 Å². The van der Waals surface area contributed by atoms with E-state index in [4.69, 9.17) is 5.73 Å². The van der Waals surface area contributed by atoms with Gasteiger partial charge in [0.05, 0.1) is 0 Å². The van der Waals surface area contributed by atoms with Crippen molar-refractivity contribution < 1.29 is 4.79 Å². The Hall–Kier alpha value is -1.10. The Labute approximate surface area is 55.7 Å². The Morgan fingerprint density at radius 1 is 1.89 bits per heavy atom. The van der Waals surface area contributed by atoms with E-state index < -0.39 is 0 Å². The summed E-state index contributed by atoms with van der Waals surface area (Å²) < 4.78 is 0. The number of hydrogen-bond donors (Lipinski definition) is 2. The monoisotopic (exact) mass is 143 g/mol. The molecular weight excluding hydrogens is 138 g/mol. The van der Waals surface area contributed by atoms with Crippen molar-refractivity contribution in [3.63, 3.8) is 0 Å². The number of hydrogen-bond acceptors (Lipinski definition) is 4. The normalized spacial score (nSPS) is 8.89. The fourth-order valence-corrected chi connectivity index (χ4v) is 0.918. The number of carbonyl (C=O) groups is 1. The van der Waals surface area contributed by atoms with Crippen molar-refractivity contribution in [1.29, 1.82) is 0 Å². The minimum atomic E-state index is 0.458. The number of rotatable bonds is 2. The van der Waals surface area contributed by atoms with Gasteiger partial charge in [0, 0.05) is 5.38 Å². The number of thiazole rings is 1. The van der Waals surface area contributed by atoms with Crippen LogP contribution in [0.15, 0.2) is 5.38 Å². The zero-order valence-electron chi connectivity index (χ0n) is 4.50. The van der Waals surface area contributed by atoms with Gasteiger partial charge in [-0.05, 0) is 0 Å². The first kappa shape index (κ1) is 6.03. The molecule has 0 spiro atoms. The lowest BCUT2D eigenvalue weighted by atomic mass is 10.8. The van der Waals surface area contributed by atoms with Gasteiger partial charge in [-0.3, -0.25) is 4.79 Å². The van der Waals surface area contributed by atoms with Gasteiger partial charge in [-0.1, -0.05) is 0 Å². The van der Waals surface area contributed by atoms with Gasteiger partial charge in [-0.25, -0.2) is 4.98 Å². The smallest absolute Gasteiger partial charge is 0.212 e. The second kappa shape index (κ2) is 2.45. The maximum absolute atomic E-state index is 9.80. The molecule has 1 rings (SSSR count). The van der Waals surface area contributed by atoms with Gasteiger partial charge >= 0.3 is 0 Å². The summed E-state index contributed by atoms with van der Waals surface area (Å²) in [6.45, 7) is 0. The third kappa shape index (κ3) is 1.39. The fraction of sp³-hybridized carbons (Fsp3) is 0. The number of nitrogen functional groups attached to an aromatic ring is 1. The van der Waals surface area contributed by atoms with Crippen molar-refractivity contribution >= 4 is 28.7 Å². The molecule has 0 aliphatic heterocycles. The van der Waals surface area contributed by atoms with Crippen LogP contribution in [0.25, 0.3) is 0 Å². The summed E-state index contributed by atoms with van der Waals surface area (Å²) in [5, 5.41) is 4.50. The maximum Gasteiger partial charge on any atom is 0.212 e. The first-order valence-corrected chi connectivity index (χ1v) is 3.12. The van der Waals surface area contributed by atoms with Gasteiger partial charge in [0.25, 0.3) is 0 Å². The van der Waals surface area contributed by atoms with E-state index in [1.54, 1.807) is 5.38 Å². The van der Waals surface area contributed by atoms with E-state index in [1.165, 1.54) is 11.3 Å². The predicted octanol–water partition coefficient (Wildman–Crippen LogP) is 0.294. The molecule has 1 aromatic rings. The molecule has 3 N–H and O–H groups in total. The molecule has 0 bridgehead atoms. The van der Waals surface area contributed by atoms with E-state index in [9.17, 15) is 4.79 Å². The molecule has 0 saturated heterocycles. The van der Waals surface area contributed by atoms with Crippen LogP contribution in [0, 0.1) is 0 Å². The Morgan fingerprint density at radius 2 is 2.67 bits per heavy atom. The highest BCUT2D eigenvalue weighted by molar-refractivity contribution is 7.13. The van der Waals surface area contributed by atoms with E-state index >= 15 is 0 Å². The highest BCUT2D eigenvalue weighted by Crippen LogP contribution is 2.13. The van der Waals surface area contributed by atoms with Gasteiger partial charge in [-0.15, -0.1) is 11.3 Å². The summed E-state index contributed by atoms with van der Waals surface area (Å²) in [7, 11) is 0. The highest BCUT2D eigenvalue weighted by Gasteiger charge is 1.93. The quantitative estimate of drug-likeness (QED) is 0.585. The molecule has 1 aromatic heterocycles. The van der Waals surface area contributed by atoms with E-state index in [1.807, 2.05) is 0 Å². The van der Waals surface area contributed by atoms with E-state index in [0.29, 0.717) is 17.4 Å².